The number of nitrogens with zero attached hydrogens (tertiary/aromatic N) is 2. The van der Waals surface area contributed by atoms with Gasteiger partial charge in [0.15, 0.2) is 0 Å². The molecular formula is C22H29N3O5S2. The third-order valence-electron chi connectivity index (χ3n) is 5.71. The van der Waals surface area contributed by atoms with Gasteiger partial charge in [0.05, 0.1) is 13.2 Å². The Morgan fingerprint density at radius 2 is 2.03 bits per heavy atom. The van der Waals surface area contributed by atoms with Gasteiger partial charge in [-0.2, -0.15) is 4.31 Å². The lowest BCUT2D eigenvalue weighted by Crippen LogP contribution is -2.45. The average molecular weight is 480 g/mol. The largest absolute Gasteiger partial charge is 0.492 e. The molecule has 0 radical (unpaired) electrons. The molecule has 1 amide bonds. The highest BCUT2D eigenvalue weighted by Crippen LogP contribution is 2.28. The maximum absolute atomic E-state index is 12.9. The predicted molar refractivity (Wildman–Crippen MR) is 122 cm³/mol. The van der Waals surface area contributed by atoms with Gasteiger partial charge in [-0.3, -0.25) is 9.69 Å². The minimum absolute atomic E-state index is 0.263. The predicted octanol–water partition coefficient (Wildman–Crippen LogP) is 1.93. The summed E-state index contributed by atoms with van der Waals surface area (Å²) < 4.78 is 38.6. The Hall–Kier alpha value is -1.98. The van der Waals surface area contributed by atoms with Crippen LogP contribution in [0.2, 0.25) is 0 Å². The van der Waals surface area contributed by atoms with E-state index in [0.717, 1.165) is 44.2 Å². The van der Waals surface area contributed by atoms with Crippen molar-refractivity contribution in [2.45, 2.75) is 29.6 Å². The van der Waals surface area contributed by atoms with Gasteiger partial charge in [0.2, 0.25) is 5.91 Å². The number of thiophene rings is 1. The number of carbonyl (C=O) groups is 1. The molecule has 3 heterocycles. The zero-order valence-corrected chi connectivity index (χ0v) is 19.6. The van der Waals surface area contributed by atoms with Crippen molar-refractivity contribution in [2.75, 3.05) is 46.0 Å². The summed E-state index contributed by atoms with van der Waals surface area (Å²) in [7, 11) is -3.64. The fraction of sp³-hybridized carbons (Fsp3) is 0.500. The van der Waals surface area contributed by atoms with Crippen LogP contribution >= 0.6 is 11.3 Å². The van der Waals surface area contributed by atoms with Crippen molar-refractivity contribution in [1.82, 2.24) is 14.5 Å². The Kier molecular flexibility index (Phi) is 7.80. The molecule has 2 aliphatic rings. The van der Waals surface area contributed by atoms with Gasteiger partial charge in [-0.05, 0) is 42.0 Å². The van der Waals surface area contributed by atoms with Gasteiger partial charge in [-0.1, -0.05) is 18.2 Å². The van der Waals surface area contributed by atoms with Crippen LogP contribution in [0.4, 0.5) is 0 Å². The van der Waals surface area contributed by atoms with Crippen LogP contribution in [0.5, 0.6) is 5.75 Å². The normalized spacial score (nSPS) is 20.3. The first-order valence-electron chi connectivity index (χ1n) is 10.9. The Morgan fingerprint density at radius 3 is 2.81 bits per heavy atom. The summed E-state index contributed by atoms with van der Waals surface area (Å²) in [5.41, 5.74) is 0.910. The van der Waals surface area contributed by atoms with E-state index in [9.17, 15) is 13.2 Å². The van der Waals surface area contributed by atoms with E-state index in [0.29, 0.717) is 32.5 Å². The summed E-state index contributed by atoms with van der Waals surface area (Å²) in [6, 6.07) is 10.2. The van der Waals surface area contributed by atoms with Gasteiger partial charge < -0.3 is 14.8 Å². The van der Waals surface area contributed by atoms with E-state index in [-0.39, 0.29) is 10.1 Å². The molecule has 0 saturated carbocycles. The maximum Gasteiger partial charge on any atom is 0.253 e. The monoisotopic (exact) mass is 479 g/mol. The summed E-state index contributed by atoms with van der Waals surface area (Å²) in [5, 5.41) is 4.63. The van der Waals surface area contributed by atoms with Gasteiger partial charge in [0, 0.05) is 32.7 Å². The number of hydrogen-bond donors (Lipinski definition) is 1. The average Bonchev–Trinajstić information content (AvgIpc) is 3.52. The van der Waals surface area contributed by atoms with Crippen LogP contribution in [-0.4, -0.2) is 75.6 Å². The van der Waals surface area contributed by atoms with Crippen LogP contribution in [-0.2, 0) is 26.1 Å². The second-order valence-corrected chi connectivity index (χ2v) is 10.9. The third kappa shape index (κ3) is 5.68. The van der Waals surface area contributed by atoms with Crippen LogP contribution in [0, 0.1) is 0 Å². The molecule has 4 rings (SSSR count). The van der Waals surface area contributed by atoms with Crippen molar-refractivity contribution < 1.29 is 22.7 Å². The van der Waals surface area contributed by atoms with E-state index in [4.69, 9.17) is 9.47 Å². The molecule has 32 heavy (non-hydrogen) atoms. The van der Waals surface area contributed by atoms with Crippen molar-refractivity contribution in [3.8, 4) is 5.75 Å². The molecule has 2 aromatic rings. The van der Waals surface area contributed by atoms with Gasteiger partial charge in [-0.15, -0.1) is 11.3 Å². The molecular weight excluding hydrogens is 450 g/mol. The fourth-order valence-electron chi connectivity index (χ4n) is 3.99. The van der Waals surface area contributed by atoms with Crippen molar-refractivity contribution >= 4 is 27.3 Å². The SMILES string of the molecule is O=C(NCc1cccc(OCCN2CCOCC2)c1)C1CCCN1S(=O)(=O)c1cccs1. The highest BCUT2D eigenvalue weighted by molar-refractivity contribution is 7.91. The first-order valence-corrected chi connectivity index (χ1v) is 13.2. The van der Waals surface area contributed by atoms with E-state index in [1.807, 2.05) is 24.3 Å². The van der Waals surface area contributed by atoms with Crippen molar-refractivity contribution in [1.29, 1.82) is 0 Å². The van der Waals surface area contributed by atoms with Crippen LogP contribution in [0.15, 0.2) is 46.0 Å². The molecule has 2 fully saturated rings. The number of amides is 1. The second kappa shape index (κ2) is 10.8. The standard InChI is InChI=1S/C22H29N3O5S2/c26-22(20-6-2-8-25(20)32(27,28)21-7-3-15-31-21)23-17-18-4-1-5-19(16-18)30-14-11-24-9-12-29-13-10-24/h1,3-5,7,15-16,20H,2,6,8-14,17H2,(H,23,26). The fourth-order valence-corrected chi connectivity index (χ4v) is 6.76. The zero-order chi connectivity index (χ0) is 22.4. The highest BCUT2D eigenvalue weighted by atomic mass is 32.2. The molecule has 0 bridgehead atoms. The van der Waals surface area contributed by atoms with Gasteiger partial charge >= 0.3 is 0 Å². The summed E-state index contributed by atoms with van der Waals surface area (Å²) in [6.45, 7) is 5.51. The summed E-state index contributed by atoms with van der Waals surface area (Å²) in [6.07, 6.45) is 1.20. The smallest absolute Gasteiger partial charge is 0.253 e. The minimum Gasteiger partial charge on any atom is -0.492 e. The molecule has 1 aromatic carbocycles. The van der Waals surface area contributed by atoms with Gasteiger partial charge in [0.25, 0.3) is 10.0 Å². The Morgan fingerprint density at radius 1 is 1.19 bits per heavy atom. The highest BCUT2D eigenvalue weighted by Gasteiger charge is 2.39. The second-order valence-electron chi connectivity index (χ2n) is 7.87. The van der Waals surface area contributed by atoms with E-state index in [2.05, 4.69) is 10.2 Å². The summed E-state index contributed by atoms with van der Waals surface area (Å²) in [5.74, 6) is 0.494. The third-order valence-corrected chi connectivity index (χ3v) is 8.99. The first kappa shape index (κ1) is 23.2. The van der Waals surface area contributed by atoms with E-state index in [1.54, 1.807) is 17.5 Å². The Balaban J connectivity index is 1.29. The lowest BCUT2D eigenvalue weighted by atomic mass is 10.2. The van der Waals surface area contributed by atoms with Crippen LogP contribution in [0.3, 0.4) is 0 Å². The van der Waals surface area contributed by atoms with Crippen LogP contribution < -0.4 is 10.1 Å². The number of hydrogen-bond acceptors (Lipinski definition) is 7. The number of sulfonamides is 1. The van der Waals surface area contributed by atoms with E-state index < -0.39 is 16.1 Å². The van der Waals surface area contributed by atoms with Crippen molar-refractivity contribution in [2.24, 2.45) is 0 Å². The number of nitrogens with one attached hydrogen (secondary N) is 1. The number of rotatable bonds is 9. The maximum atomic E-state index is 12.9. The number of ether oxygens (including phenoxy) is 2. The number of benzene rings is 1. The molecule has 1 aromatic heterocycles. The molecule has 1 N–H and O–H groups in total. The Labute approximate surface area is 193 Å². The summed E-state index contributed by atoms with van der Waals surface area (Å²) >= 11 is 1.17. The molecule has 1 unspecified atom stereocenters. The molecule has 2 aliphatic heterocycles. The zero-order valence-electron chi connectivity index (χ0n) is 17.9. The van der Waals surface area contributed by atoms with Crippen LogP contribution in [0.25, 0.3) is 0 Å². The molecule has 1 atom stereocenters. The quantitative estimate of drug-likeness (QED) is 0.591. The lowest BCUT2D eigenvalue weighted by molar-refractivity contribution is -0.124. The number of morpholine rings is 1. The molecule has 0 aliphatic carbocycles. The van der Waals surface area contributed by atoms with E-state index in [1.165, 1.54) is 15.6 Å². The molecule has 174 valence electrons. The summed E-state index contributed by atoms with van der Waals surface area (Å²) in [4.78, 5) is 15.1. The molecule has 10 heteroatoms. The van der Waals surface area contributed by atoms with Crippen molar-refractivity contribution in [3.63, 3.8) is 0 Å². The van der Waals surface area contributed by atoms with Gasteiger partial charge in [-0.25, -0.2) is 8.42 Å². The van der Waals surface area contributed by atoms with E-state index >= 15 is 0 Å². The van der Waals surface area contributed by atoms with Crippen molar-refractivity contribution in [3.05, 3.63) is 47.3 Å². The Bertz CT molecular complexity index is 991. The number of carbonyl (C=O) groups excluding carboxylic acids is 1. The molecule has 8 nitrogen and oxygen atoms in total. The lowest BCUT2D eigenvalue weighted by Gasteiger charge is -2.26. The first-order chi connectivity index (χ1) is 15.5. The van der Waals surface area contributed by atoms with Crippen LogP contribution in [0.1, 0.15) is 18.4 Å². The van der Waals surface area contributed by atoms with Gasteiger partial charge in [0.1, 0.15) is 22.6 Å². The minimum atomic E-state index is -3.64. The molecule has 0 spiro atoms. The molecule has 2 saturated heterocycles. The topological polar surface area (TPSA) is 88.2 Å².